The first kappa shape index (κ1) is 18.3. The van der Waals surface area contributed by atoms with Gasteiger partial charge in [0, 0.05) is 23.7 Å². The van der Waals surface area contributed by atoms with Gasteiger partial charge < -0.3 is 15.4 Å². The molecule has 2 aromatic carbocycles. The molecule has 2 N–H and O–H groups in total. The summed E-state index contributed by atoms with van der Waals surface area (Å²) in [4.78, 5) is 24.3. The van der Waals surface area contributed by atoms with Gasteiger partial charge in [-0.15, -0.1) is 0 Å². The molecule has 6 heteroatoms. The first-order chi connectivity index (χ1) is 12.6. The van der Waals surface area contributed by atoms with Crippen molar-refractivity contribution in [3.05, 3.63) is 59.1 Å². The summed E-state index contributed by atoms with van der Waals surface area (Å²) in [5.74, 6) is 0.125. The van der Waals surface area contributed by atoms with E-state index in [9.17, 15) is 9.59 Å². The number of hydrogen-bond acceptors (Lipinski definition) is 3. The van der Waals surface area contributed by atoms with Crippen LogP contribution in [-0.2, 0) is 9.59 Å². The molecule has 136 valence electrons. The first-order valence-electron chi connectivity index (χ1n) is 8.68. The van der Waals surface area contributed by atoms with Gasteiger partial charge in [-0.25, -0.2) is 0 Å². The second-order valence-corrected chi connectivity index (χ2v) is 6.63. The van der Waals surface area contributed by atoms with Crippen molar-refractivity contribution < 1.29 is 14.3 Å². The summed E-state index contributed by atoms with van der Waals surface area (Å²) in [7, 11) is 0. The van der Waals surface area contributed by atoms with Crippen LogP contribution in [0.25, 0.3) is 0 Å². The topological polar surface area (TPSA) is 67.4 Å². The number of fused-ring (bicyclic) bond motifs is 1. The summed E-state index contributed by atoms with van der Waals surface area (Å²) in [6.07, 6.45) is 1.81. The highest BCUT2D eigenvalue weighted by Gasteiger charge is 2.29. The minimum Gasteiger partial charge on any atom is -0.494 e. The van der Waals surface area contributed by atoms with E-state index in [1.54, 1.807) is 12.1 Å². The molecule has 0 fully saturated rings. The van der Waals surface area contributed by atoms with Gasteiger partial charge in [0.2, 0.25) is 11.8 Å². The van der Waals surface area contributed by atoms with E-state index in [-0.39, 0.29) is 18.2 Å². The minimum absolute atomic E-state index is 0.106. The third-order valence-electron chi connectivity index (χ3n) is 4.27. The maximum Gasteiger partial charge on any atom is 0.228 e. The number of carbonyl (C=O) groups excluding carboxylic acids is 2. The number of rotatable bonds is 7. The zero-order chi connectivity index (χ0) is 18.4. The molecule has 1 aliphatic heterocycles. The third kappa shape index (κ3) is 4.76. The summed E-state index contributed by atoms with van der Waals surface area (Å²) < 4.78 is 5.62. The van der Waals surface area contributed by atoms with Crippen LogP contribution in [0.5, 0.6) is 5.75 Å². The Labute approximate surface area is 157 Å². The van der Waals surface area contributed by atoms with Crippen molar-refractivity contribution in [2.75, 3.05) is 18.5 Å². The molecule has 1 atom stereocenters. The molecule has 2 amide bonds. The number of nitrogens with one attached hydrogen (secondary N) is 2. The number of amides is 2. The Morgan fingerprint density at radius 1 is 1.15 bits per heavy atom. The van der Waals surface area contributed by atoms with Gasteiger partial charge >= 0.3 is 0 Å². The summed E-state index contributed by atoms with van der Waals surface area (Å²) in [5.41, 5.74) is 1.59. The van der Waals surface area contributed by atoms with Gasteiger partial charge in [-0.3, -0.25) is 9.59 Å². The van der Waals surface area contributed by atoms with E-state index >= 15 is 0 Å². The second-order valence-electron chi connectivity index (χ2n) is 6.19. The number of halogens is 1. The van der Waals surface area contributed by atoms with Crippen molar-refractivity contribution in [1.29, 1.82) is 0 Å². The SMILES string of the molecule is O=C1CC(C(=O)NCCCCOc2ccc(Cl)cc2)c2ccccc2N1. The zero-order valence-electron chi connectivity index (χ0n) is 14.3. The van der Waals surface area contributed by atoms with E-state index in [0.717, 1.165) is 29.8 Å². The lowest BCUT2D eigenvalue weighted by Gasteiger charge is -2.24. The van der Waals surface area contributed by atoms with E-state index in [4.69, 9.17) is 16.3 Å². The average Bonchev–Trinajstić information content (AvgIpc) is 2.65. The highest BCUT2D eigenvalue weighted by atomic mass is 35.5. The quantitative estimate of drug-likeness (QED) is 0.727. The van der Waals surface area contributed by atoms with Crippen LogP contribution < -0.4 is 15.4 Å². The summed E-state index contributed by atoms with van der Waals surface area (Å²) in [5, 5.41) is 6.41. The van der Waals surface area contributed by atoms with Crippen LogP contribution in [0.1, 0.15) is 30.7 Å². The van der Waals surface area contributed by atoms with Crippen molar-refractivity contribution in [2.24, 2.45) is 0 Å². The molecular formula is C20H21ClN2O3. The van der Waals surface area contributed by atoms with Gasteiger partial charge in [0.15, 0.2) is 0 Å². The Hall–Kier alpha value is -2.53. The molecular weight excluding hydrogens is 352 g/mol. The predicted octanol–water partition coefficient (Wildman–Crippen LogP) is 3.74. The van der Waals surface area contributed by atoms with Gasteiger partial charge in [0.1, 0.15) is 5.75 Å². The number of ether oxygens (including phenoxy) is 1. The maximum atomic E-state index is 12.5. The second kappa shape index (κ2) is 8.72. The van der Waals surface area contributed by atoms with E-state index in [1.165, 1.54) is 0 Å². The molecule has 0 spiro atoms. The fourth-order valence-corrected chi connectivity index (χ4v) is 3.05. The Morgan fingerprint density at radius 2 is 1.92 bits per heavy atom. The third-order valence-corrected chi connectivity index (χ3v) is 4.52. The lowest BCUT2D eigenvalue weighted by atomic mass is 9.90. The molecule has 0 aromatic heterocycles. The van der Waals surface area contributed by atoms with Crippen molar-refractivity contribution in [2.45, 2.75) is 25.2 Å². The number of unbranched alkanes of at least 4 members (excludes halogenated alkanes) is 1. The number of hydrogen-bond donors (Lipinski definition) is 2. The molecule has 1 unspecified atom stereocenters. The largest absolute Gasteiger partial charge is 0.494 e. The maximum absolute atomic E-state index is 12.5. The highest BCUT2D eigenvalue weighted by molar-refractivity contribution is 6.30. The van der Waals surface area contributed by atoms with Crippen molar-refractivity contribution in [1.82, 2.24) is 5.32 Å². The van der Waals surface area contributed by atoms with E-state index in [0.29, 0.717) is 18.2 Å². The van der Waals surface area contributed by atoms with E-state index in [2.05, 4.69) is 10.6 Å². The van der Waals surface area contributed by atoms with Crippen LogP contribution in [0.2, 0.25) is 5.02 Å². The zero-order valence-corrected chi connectivity index (χ0v) is 15.1. The molecule has 26 heavy (non-hydrogen) atoms. The minimum atomic E-state index is -0.426. The normalized spacial score (nSPS) is 15.7. The summed E-state index contributed by atoms with van der Waals surface area (Å²) >= 11 is 5.83. The van der Waals surface area contributed by atoms with Crippen molar-refractivity contribution in [3.63, 3.8) is 0 Å². The van der Waals surface area contributed by atoms with Crippen LogP contribution >= 0.6 is 11.6 Å². The van der Waals surface area contributed by atoms with E-state index < -0.39 is 5.92 Å². The fourth-order valence-electron chi connectivity index (χ4n) is 2.93. The molecule has 0 aliphatic carbocycles. The number of carbonyl (C=O) groups is 2. The van der Waals surface area contributed by atoms with Crippen molar-refractivity contribution >= 4 is 29.1 Å². The van der Waals surface area contributed by atoms with Crippen LogP contribution in [0.15, 0.2) is 48.5 Å². The highest BCUT2D eigenvalue weighted by Crippen LogP contribution is 2.31. The Kier molecular flexibility index (Phi) is 6.12. The number of para-hydroxylation sites is 1. The Bertz CT molecular complexity index is 777. The smallest absolute Gasteiger partial charge is 0.228 e. The van der Waals surface area contributed by atoms with Gasteiger partial charge in [-0.1, -0.05) is 29.8 Å². The van der Waals surface area contributed by atoms with E-state index in [1.807, 2.05) is 36.4 Å². The van der Waals surface area contributed by atoms with Crippen LogP contribution in [0, 0.1) is 0 Å². The van der Waals surface area contributed by atoms with Gasteiger partial charge in [0.25, 0.3) is 0 Å². The summed E-state index contributed by atoms with van der Waals surface area (Å²) in [6.45, 7) is 1.13. The van der Waals surface area contributed by atoms with Gasteiger partial charge in [0.05, 0.1) is 12.5 Å². The Balaban J connectivity index is 1.40. The molecule has 3 rings (SSSR count). The lowest BCUT2D eigenvalue weighted by molar-refractivity contribution is -0.126. The number of anilines is 1. The predicted molar refractivity (Wildman–Crippen MR) is 102 cm³/mol. The Morgan fingerprint density at radius 3 is 2.73 bits per heavy atom. The van der Waals surface area contributed by atoms with Crippen molar-refractivity contribution in [3.8, 4) is 5.75 Å². The number of benzene rings is 2. The average molecular weight is 373 g/mol. The molecule has 0 saturated carbocycles. The van der Waals surface area contributed by atoms with Crippen LogP contribution in [0.4, 0.5) is 5.69 Å². The monoisotopic (exact) mass is 372 g/mol. The standard InChI is InChI=1S/C20H21ClN2O3/c21-14-7-9-15(10-8-14)26-12-4-3-11-22-20(25)17-13-19(24)23-18-6-2-1-5-16(17)18/h1-2,5-10,17H,3-4,11-13H2,(H,22,25)(H,23,24). The molecule has 1 aliphatic rings. The first-order valence-corrected chi connectivity index (χ1v) is 9.06. The van der Waals surface area contributed by atoms with Crippen LogP contribution in [-0.4, -0.2) is 25.0 Å². The molecule has 1 heterocycles. The molecule has 0 saturated heterocycles. The van der Waals surface area contributed by atoms with Gasteiger partial charge in [-0.05, 0) is 48.7 Å². The summed E-state index contributed by atoms with van der Waals surface area (Å²) in [6, 6.07) is 14.7. The molecule has 0 bridgehead atoms. The lowest BCUT2D eigenvalue weighted by Crippen LogP contribution is -2.35. The molecule has 2 aromatic rings. The van der Waals surface area contributed by atoms with Crippen LogP contribution in [0.3, 0.4) is 0 Å². The van der Waals surface area contributed by atoms with Gasteiger partial charge in [-0.2, -0.15) is 0 Å². The molecule has 0 radical (unpaired) electrons. The fraction of sp³-hybridized carbons (Fsp3) is 0.300. The molecule has 5 nitrogen and oxygen atoms in total.